The molecule has 29 heavy (non-hydrogen) atoms. The number of amides is 1. The van der Waals surface area contributed by atoms with Gasteiger partial charge in [0.1, 0.15) is 5.75 Å². The van der Waals surface area contributed by atoms with Crippen LogP contribution in [0.5, 0.6) is 5.75 Å². The first-order valence-corrected chi connectivity index (χ1v) is 10.6. The molecule has 0 saturated heterocycles. The van der Waals surface area contributed by atoms with Crippen LogP contribution in [0.2, 0.25) is 0 Å². The molecule has 0 aliphatic carbocycles. The van der Waals surface area contributed by atoms with Crippen molar-refractivity contribution in [2.75, 3.05) is 13.6 Å². The van der Waals surface area contributed by atoms with Crippen molar-refractivity contribution >= 4 is 31.9 Å². The molecule has 6 nitrogen and oxygen atoms in total. The highest BCUT2D eigenvalue weighted by Gasteiger charge is 2.32. The molecule has 0 unspecified atom stereocenters. The van der Waals surface area contributed by atoms with Gasteiger partial charge in [-0.05, 0) is 30.3 Å². The smallest absolute Gasteiger partial charge is 0.405 e. The van der Waals surface area contributed by atoms with Crippen LogP contribution in [-0.2, 0) is 21.4 Å². The molecule has 158 valence electrons. The van der Waals surface area contributed by atoms with Gasteiger partial charge in [0.2, 0.25) is 15.9 Å². The fraction of sp³-hybridized carbons (Fsp3) is 0.278. The Balaban J connectivity index is 1.92. The van der Waals surface area contributed by atoms with Gasteiger partial charge in [-0.3, -0.25) is 4.79 Å². The lowest BCUT2D eigenvalue weighted by atomic mass is 10.2. The van der Waals surface area contributed by atoms with Gasteiger partial charge in [-0.2, -0.15) is 0 Å². The number of nitrogens with one attached hydrogen (secondary N) is 1. The standard InChI is InChI=1S/C18H18BrF3N2O4S/c1-24(12-13-4-2-3-5-16(13)28-18(20,21)22)17(25)10-11-23-29(26,27)15-8-6-14(19)7-9-15/h2-9,23H,10-12H2,1H3. The van der Waals surface area contributed by atoms with Gasteiger partial charge in [0.25, 0.3) is 0 Å². The summed E-state index contributed by atoms with van der Waals surface area (Å²) in [5.41, 5.74) is 0.177. The number of ether oxygens (including phenoxy) is 1. The van der Waals surface area contributed by atoms with E-state index in [-0.39, 0.29) is 30.0 Å². The fourth-order valence-electron chi connectivity index (χ4n) is 2.38. The Bertz CT molecular complexity index is 950. The number of alkyl halides is 3. The van der Waals surface area contributed by atoms with Crippen LogP contribution in [0.25, 0.3) is 0 Å². The van der Waals surface area contributed by atoms with Crippen molar-refractivity contribution in [3.63, 3.8) is 0 Å². The Morgan fingerprint density at radius 1 is 1.14 bits per heavy atom. The first-order valence-electron chi connectivity index (χ1n) is 8.31. The highest BCUT2D eigenvalue weighted by atomic mass is 79.9. The number of hydrogen-bond acceptors (Lipinski definition) is 4. The maximum Gasteiger partial charge on any atom is 0.573 e. The molecule has 0 aliphatic heterocycles. The quantitative estimate of drug-likeness (QED) is 0.607. The number of carbonyl (C=O) groups excluding carboxylic acids is 1. The van der Waals surface area contributed by atoms with E-state index in [4.69, 9.17) is 0 Å². The molecule has 2 aromatic carbocycles. The van der Waals surface area contributed by atoms with Crippen molar-refractivity contribution in [3.05, 3.63) is 58.6 Å². The molecule has 2 aromatic rings. The average Bonchev–Trinajstić information content (AvgIpc) is 2.62. The normalized spacial score (nSPS) is 11.9. The molecule has 2 rings (SSSR count). The Hall–Kier alpha value is -2.11. The summed E-state index contributed by atoms with van der Waals surface area (Å²) in [5.74, 6) is -0.832. The lowest BCUT2D eigenvalue weighted by Crippen LogP contribution is -2.32. The maximum absolute atomic E-state index is 12.5. The van der Waals surface area contributed by atoms with E-state index in [1.165, 1.54) is 42.3 Å². The Labute approximate surface area is 174 Å². The van der Waals surface area contributed by atoms with E-state index in [0.29, 0.717) is 0 Å². The van der Waals surface area contributed by atoms with Crippen LogP contribution in [-0.4, -0.2) is 39.2 Å². The summed E-state index contributed by atoms with van der Waals surface area (Å²) >= 11 is 3.21. The van der Waals surface area contributed by atoms with Gasteiger partial charge < -0.3 is 9.64 Å². The lowest BCUT2D eigenvalue weighted by molar-refractivity contribution is -0.275. The third-order valence-electron chi connectivity index (χ3n) is 3.79. The second-order valence-corrected chi connectivity index (χ2v) is 8.69. The summed E-state index contributed by atoms with van der Waals surface area (Å²) in [5, 5.41) is 0. The van der Waals surface area contributed by atoms with E-state index in [1.807, 2.05) is 0 Å². The highest BCUT2D eigenvalue weighted by Crippen LogP contribution is 2.27. The minimum Gasteiger partial charge on any atom is -0.405 e. The number of rotatable bonds is 8. The third-order valence-corrected chi connectivity index (χ3v) is 5.79. The van der Waals surface area contributed by atoms with Crippen molar-refractivity contribution in [2.45, 2.75) is 24.2 Å². The van der Waals surface area contributed by atoms with Gasteiger partial charge in [0.15, 0.2) is 0 Å². The summed E-state index contributed by atoms with van der Waals surface area (Å²) in [6.07, 6.45) is -5.00. The van der Waals surface area contributed by atoms with Crippen LogP contribution in [0, 0.1) is 0 Å². The van der Waals surface area contributed by atoms with Gasteiger partial charge in [0, 0.05) is 36.6 Å². The predicted octanol–water partition coefficient (Wildman–Crippen LogP) is 3.67. The maximum atomic E-state index is 12.5. The molecule has 0 heterocycles. The van der Waals surface area contributed by atoms with E-state index in [2.05, 4.69) is 25.4 Å². The van der Waals surface area contributed by atoms with Crippen molar-refractivity contribution in [3.8, 4) is 5.75 Å². The molecular formula is C18H18BrF3N2O4S. The molecule has 1 N–H and O–H groups in total. The average molecular weight is 495 g/mol. The molecule has 0 spiro atoms. The number of carbonyl (C=O) groups is 1. The van der Waals surface area contributed by atoms with Crippen LogP contribution in [0.4, 0.5) is 13.2 Å². The van der Waals surface area contributed by atoms with E-state index in [0.717, 1.165) is 10.5 Å². The second kappa shape index (κ2) is 9.59. The van der Waals surface area contributed by atoms with Crippen LogP contribution in [0.3, 0.4) is 0 Å². The van der Waals surface area contributed by atoms with Gasteiger partial charge in [-0.15, -0.1) is 13.2 Å². The van der Waals surface area contributed by atoms with Crippen LogP contribution < -0.4 is 9.46 Å². The van der Waals surface area contributed by atoms with Crippen LogP contribution in [0.1, 0.15) is 12.0 Å². The summed E-state index contributed by atoms with van der Waals surface area (Å²) in [4.78, 5) is 13.5. The van der Waals surface area contributed by atoms with Gasteiger partial charge in [-0.1, -0.05) is 34.1 Å². The van der Waals surface area contributed by atoms with Crippen molar-refractivity contribution in [2.24, 2.45) is 0 Å². The summed E-state index contributed by atoms with van der Waals surface area (Å²) < 4.78 is 68.9. The predicted molar refractivity (Wildman–Crippen MR) is 104 cm³/mol. The molecule has 0 aromatic heterocycles. The van der Waals surface area contributed by atoms with Gasteiger partial charge in [-0.25, -0.2) is 13.1 Å². The van der Waals surface area contributed by atoms with Gasteiger partial charge in [0.05, 0.1) is 4.90 Å². The molecular weight excluding hydrogens is 477 g/mol. The second-order valence-electron chi connectivity index (χ2n) is 6.01. The molecule has 1 amide bonds. The zero-order valence-electron chi connectivity index (χ0n) is 15.2. The molecule has 0 saturated carbocycles. The third kappa shape index (κ3) is 7.33. The van der Waals surface area contributed by atoms with E-state index in [1.54, 1.807) is 12.1 Å². The summed E-state index contributed by atoms with van der Waals surface area (Å²) in [6.45, 7) is -0.271. The first-order chi connectivity index (χ1) is 13.5. The molecule has 0 fully saturated rings. The number of para-hydroxylation sites is 1. The number of benzene rings is 2. The van der Waals surface area contributed by atoms with E-state index < -0.39 is 28.0 Å². The van der Waals surface area contributed by atoms with E-state index in [9.17, 15) is 26.4 Å². The summed E-state index contributed by atoms with van der Waals surface area (Å²) in [6, 6.07) is 11.5. The molecule has 0 radical (unpaired) electrons. The van der Waals surface area contributed by atoms with Crippen molar-refractivity contribution in [1.82, 2.24) is 9.62 Å². The number of nitrogens with zero attached hydrogens (tertiary/aromatic N) is 1. The van der Waals surface area contributed by atoms with Gasteiger partial charge >= 0.3 is 6.36 Å². The minimum absolute atomic E-state index is 0.0553. The SMILES string of the molecule is CN(Cc1ccccc1OC(F)(F)F)C(=O)CCNS(=O)(=O)c1ccc(Br)cc1. The van der Waals surface area contributed by atoms with Crippen LogP contribution >= 0.6 is 15.9 Å². The Kier molecular flexibility index (Phi) is 7.66. The monoisotopic (exact) mass is 494 g/mol. The lowest BCUT2D eigenvalue weighted by Gasteiger charge is -2.20. The zero-order valence-corrected chi connectivity index (χ0v) is 17.6. The molecule has 0 atom stereocenters. The topological polar surface area (TPSA) is 75.7 Å². The van der Waals surface area contributed by atoms with Crippen molar-refractivity contribution in [1.29, 1.82) is 0 Å². The zero-order chi connectivity index (χ0) is 21.7. The number of hydrogen-bond donors (Lipinski definition) is 1. The number of halogens is 4. The largest absolute Gasteiger partial charge is 0.573 e. The molecule has 0 bridgehead atoms. The van der Waals surface area contributed by atoms with E-state index >= 15 is 0 Å². The highest BCUT2D eigenvalue weighted by molar-refractivity contribution is 9.10. The molecule has 11 heteroatoms. The Morgan fingerprint density at radius 3 is 2.38 bits per heavy atom. The first kappa shape index (κ1) is 23.2. The Morgan fingerprint density at radius 2 is 1.76 bits per heavy atom. The fourth-order valence-corrected chi connectivity index (χ4v) is 3.68. The molecule has 0 aliphatic rings. The minimum atomic E-state index is -4.84. The number of sulfonamides is 1. The van der Waals surface area contributed by atoms with Crippen LogP contribution in [0.15, 0.2) is 57.9 Å². The summed E-state index contributed by atoms with van der Waals surface area (Å²) in [7, 11) is -2.36. The van der Waals surface area contributed by atoms with Crippen molar-refractivity contribution < 1.29 is 31.1 Å².